The molecule has 0 aromatic heterocycles. The molecule has 2 nitrogen and oxygen atoms in total. The van der Waals surface area contributed by atoms with Gasteiger partial charge in [-0.25, -0.2) is 0 Å². The zero-order chi connectivity index (χ0) is 7.78. The van der Waals surface area contributed by atoms with Crippen molar-refractivity contribution in [1.29, 1.82) is 0 Å². The number of hydrogen-bond donors (Lipinski definition) is 1. The maximum Gasteiger partial charge on any atom is 0.306 e. The minimum atomic E-state index is -0.651. The normalized spacial score (nSPS) is 25.0. The fourth-order valence-corrected chi connectivity index (χ4v) is 1.47. The molecule has 0 radical (unpaired) electrons. The highest BCUT2D eigenvalue weighted by molar-refractivity contribution is 5.70. The molecule has 1 N–H and O–H groups in total. The van der Waals surface area contributed by atoms with Crippen LogP contribution in [0.1, 0.15) is 33.1 Å². The van der Waals surface area contributed by atoms with Crippen molar-refractivity contribution < 1.29 is 9.90 Å². The highest BCUT2D eigenvalue weighted by atomic mass is 16.4. The largest absolute Gasteiger partial charge is 0.481 e. The summed E-state index contributed by atoms with van der Waals surface area (Å²) in [5, 5.41) is 8.68. The van der Waals surface area contributed by atoms with E-state index in [1.165, 1.54) is 6.42 Å². The van der Waals surface area contributed by atoms with Gasteiger partial charge in [0.15, 0.2) is 0 Å². The van der Waals surface area contributed by atoms with Crippen molar-refractivity contribution in [3.8, 4) is 0 Å². The first kappa shape index (κ1) is 7.58. The summed E-state index contributed by atoms with van der Waals surface area (Å²) in [6.07, 6.45) is 3.37. The van der Waals surface area contributed by atoms with Gasteiger partial charge in [0.25, 0.3) is 0 Å². The predicted molar refractivity (Wildman–Crippen MR) is 38.8 cm³/mol. The van der Waals surface area contributed by atoms with Gasteiger partial charge in [-0.15, -0.1) is 0 Å². The Morgan fingerprint density at radius 3 is 2.20 bits per heavy atom. The van der Waals surface area contributed by atoms with Gasteiger partial charge in [0.2, 0.25) is 0 Å². The van der Waals surface area contributed by atoms with E-state index in [2.05, 4.69) is 6.92 Å². The van der Waals surface area contributed by atoms with Gasteiger partial charge in [-0.1, -0.05) is 20.3 Å². The van der Waals surface area contributed by atoms with Crippen LogP contribution in [-0.4, -0.2) is 11.1 Å². The van der Waals surface area contributed by atoms with Crippen molar-refractivity contribution in [3.05, 3.63) is 0 Å². The van der Waals surface area contributed by atoms with Crippen LogP contribution in [0.5, 0.6) is 0 Å². The first-order valence-electron chi connectivity index (χ1n) is 3.79. The molecular formula is C8H14O2. The maximum atomic E-state index is 10.5. The SMILES string of the molecule is C[C@H](C(=O)O)C1(C)CCC1. The lowest BCUT2D eigenvalue weighted by Crippen LogP contribution is -2.37. The second kappa shape index (κ2) is 2.26. The summed E-state index contributed by atoms with van der Waals surface area (Å²) in [6, 6.07) is 0. The molecule has 2 heteroatoms. The van der Waals surface area contributed by atoms with Crippen LogP contribution in [0, 0.1) is 11.3 Å². The van der Waals surface area contributed by atoms with E-state index in [1.807, 2.05) is 6.92 Å². The van der Waals surface area contributed by atoms with Crippen LogP contribution < -0.4 is 0 Å². The fourth-order valence-electron chi connectivity index (χ4n) is 1.47. The molecular weight excluding hydrogens is 128 g/mol. The summed E-state index contributed by atoms with van der Waals surface area (Å²) < 4.78 is 0. The van der Waals surface area contributed by atoms with Crippen LogP contribution in [-0.2, 0) is 4.79 Å². The number of aliphatic carboxylic acids is 1. The molecule has 1 rings (SSSR count). The molecule has 1 aliphatic carbocycles. The van der Waals surface area contributed by atoms with Gasteiger partial charge in [-0.2, -0.15) is 0 Å². The molecule has 0 aromatic carbocycles. The number of carboxylic acids is 1. The average Bonchev–Trinajstić information content (AvgIpc) is 1.81. The third-order valence-corrected chi connectivity index (χ3v) is 2.91. The average molecular weight is 142 g/mol. The quantitative estimate of drug-likeness (QED) is 0.639. The molecule has 0 spiro atoms. The number of rotatable bonds is 2. The van der Waals surface area contributed by atoms with Crippen molar-refractivity contribution in [1.82, 2.24) is 0 Å². The standard InChI is InChI=1S/C8H14O2/c1-6(7(9)10)8(2)4-3-5-8/h6H,3-5H2,1-2H3,(H,9,10)/t6-/m1/s1. The molecule has 0 bridgehead atoms. The first-order valence-corrected chi connectivity index (χ1v) is 3.79. The van der Waals surface area contributed by atoms with Crippen molar-refractivity contribution in [3.63, 3.8) is 0 Å². The van der Waals surface area contributed by atoms with E-state index in [4.69, 9.17) is 5.11 Å². The summed E-state index contributed by atoms with van der Waals surface area (Å²) in [6.45, 7) is 3.87. The molecule has 0 aromatic rings. The lowest BCUT2D eigenvalue weighted by atomic mass is 9.63. The Labute approximate surface area is 61.2 Å². The minimum absolute atomic E-state index is 0.103. The Morgan fingerprint density at radius 2 is 2.10 bits per heavy atom. The van der Waals surface area contributed by atoms with Gasteiger partial charge in [0, 0.05) is 0 Å². The summed E-state index contributed by atoms with van der Waals surface area (Å²) in [4.78, 5) is 10.5. The van der Waals surface area contributed by atoms with E-state index in [-0.39, 0.29) is 11.3 Å². The topological polar surface area (TPSA) is 37.3 Å². The Bertz CT molecular complexity index is 147. The van der Waals surface area contributed by atoms with E-state index in [1.54, 1.807) is 0 Å². The predicted octanol–water partition coefficient (Wildman–Crippen LogP) is 1.90. The van der Waals surface area contributed by atoms with Gasteiger partial charge >= 0.3 is 5.97 Å². The highest BCUT2D eigenvalue weighted by Crippen LogP contribution is 2.46. The smallest absolute Gasteiger partial charge is 0.306 e. The molecule has 1 saturated carbocycles. The molecule has 0 heterocycles. The maximum absolute atomic E-state index is 10.5. The number of carbonyl (C=O) groups is 1. The molecule has 1 atom stereocenters. The van der Waals surface area contributed by atoms with Gasteiger partial charge in [-0.3, -0.25) is 4.79 Å². The second-order valence-corrected chi connectivity index (χ2v) is 3.57. The van der Waals surface area contributed by atoms with E-state index in [0.717, 1.165) is 12.8 Å². The lowest BCUT2D eigenvalue weighted by Gasteiger charge is -2.41. The van der Waals surface area contributed by atoms with Crippen LogP contribution in [0.2, 0.25) is 0 Å². The monoisotopic (exact) mass is 142 g/mol. The van der Waals surface area contributed by atoms with Crippen LogP contribution >= 0.6 is 0 Å². The molecule has 0 saturated heterocycles. The Hall–Kier alpha value is -0.530. The molecule has 1 aliphatic rings. The van der Waals surface area contributed by atoms with E-state index < -0.39 is 5.97 Å². The second-order valence-electron chi connectivity index (χ2n) is 3.57. The van der Waals surface area contributed by atoms with E-state index in [0.29, 0.717) is 0 Å². The van der Waals surface area contributed by atoms with E-state index >= 15 is 0 Å². The van der Waals surface area contributed by atoms with Crippen molar-refractivity contribution >= 4 is 5.97 Å². The summed E-state index contributed by atoms with van der Waals surface area (Å²) in [7, 11) is 0. The zero-order valence-corrected chi connectivity index (χ0v) is 6.55. The minimum Gasteiger partial charge on any atom is -0.481 e. The third kappa shape index (κ3) is 1.02. The van der Waals surface area contributed by atoms with Crippen molar-refractivity contribution in [2.75, 3.05) is 0 Å². The number of carboxylic acid groups (broad SMARTS) is 1. The lowest BCUT2D eigenvalue weighted by molar-refractivity contribution is -0.147. The van der Waals surface area contributed by atoms with Crippen molar-refractivity contribution in [2.24, 2.45) is 11.3 Å². The summed E-state index contributed by atoms with van der Waals surface area (Å²) in [5.74, 6) is -0.816. The van der Waals surface area contributed by atoms with Crippen LogP contribution in [0.4, 0.5) is 0 Å². The molecule has 1 fully saturated rings. The molecule has 0 aliphatic heterocycles. The fraction of sp³-hybridized carbons (Fsp3) is 0.875. The molecule has 0 unspecified atom stereocenters. The first-order chi connectivity index (χ1) is 4.56. The third-order valence-electron chi connectivity index (χ3n) is 2.91. The van der Waals surface area contributed by atoms with Crippen LogP contribution in [0.3, 0.4) is 0 Å². The van der Waals surface area contributed by atoms with E-state index in [9.17, 15) is 4.79 Å². The number of hydrogen-bond acceptors (Lipinski definition) is 1. The Kier molecular flexibility index (Phi) is 1.71. The summed E-state index contributed by atoms with van der Waals surface area (Å²) >= 11 is 0. The highest BCUT2D eigenvalue weighted by Gasteiger charge is 2.40. The Morgan fingerprint density at radius 1 is 1.60 bits per heavy atom. The summed E-state index contributed by atoms with van der Waals surface area (Å²) in [5.41, 5.74) is 0.103. The molecule has 0 amide bonds. The molecule has 10 heavy (non-hydrogen) atoms. The van der Waals surface area contributed by atoms with Gasteiger partial charge in [-0.05, 0) is 18.3 Å². The van der Waals surface area contributed by atoms with Gasteiger partial charge in [0.05, 0.1) is 5.92 Å². The van der Waals surface area contributed by atoms with Crippen LogP contribution in [0.15, 0.2) is 0 Å². The van der Waals surface area contributed by atoms with Crippen molar-refractivity contribution in [2.45, 2.75) is 33.1 Å². The van der Waals surface area contributed by atoms with Gasteiger partial charge in [0.1, 0.15) is 0 Å². The van der Waals surface area contributed by atoms with Crippen LogP contribution in [0.25, 0.3) is 0 Å². The zero-order valence-electron chi connectivity index (χ0n) is 6.55. The Balaban J connectivity index is 2.54. The van der Waals surface area contributed by atoms with Gasteiger partial charge < -0.3 is 5.11 Å². The molecule has 58 valence electrons.